The van der Waals surface area contributed by atoms with Gasteiger partial charge in [0, 0.05) is 38.6 Å². The van der Waals surface area contributed by atoms with Crippen LogP contribution >= 0.6 is 0 Å². The van der Waals surface area contributed by atoms with Gasteiger partial charge >= 0.3 is 0 Å². The average Bonchev–Trinajstić information content (AvgIpc) is 3.88. The van der Waals surface area contributed by atoms with Crippen molar-refractivity contribution in [2.75, 3.05) is 6.61 Å². The Morgan fingerprint density at radius 3 is 2.30 bits per heavy atom. The molecule has 2 unspecified atom stereocenters. The lowest BCUT2D eigenvalue weighted by atomic mass is 9.70. The van der Waals surface area contributed by atoms with Crippen LogP contribution in [-0.2, 0) is 5.41 Å². The van der Waals surface area contributed by atoms with Crippen molar-refractivity contribution in [1.82, 2.24) is 19.5 Å². The van der Waals surface area contributed by atoms with Crippen LogP contribution in [0.25, 0.3) is 66.6 Å². The topological polar surface area (TPSA) is 62.1 Å². The molecule has 67 heavy (non-hydrogen) atoms. The first kappa shape index (κ1) is 43.1. The third-order valence-corrected chi connectivity index (χ3v) is 13.5. The molecule has 0 saturated carbocycles. The predicted molar refractivity (Wildman–Crippen MR) is 279 cm³/mol. The van der Waals surface area contributed by atoms with E-state index < -0.39 is 0 Å². The van der Waals surface area contributed by atoms with Crippen LogP contribution in [0.5, 0.6) is 11.5 Å². The lowest BCUT2D eigenvalue weighted by Crippen LogP contribution is -2.37. The Kier molecular flexibility index (Phi) is 11.7. The van der Waals surface area contributed by atoms with E-state index in [0.717, 1.165) is 83.9 Å². The van der Waals surface area contributed by atoms with Gasteiger partial charge in [0.05, 0.1) is 16.4 Å². The van der Waals surface area contributed by atoms with Crippen LogP contribution in [0, 0.1) is 0 Å². The van der Waals surface area contributed by atoms with Gasteiger partial charge < -0.3 is 9.47 Å². The van der Waals surface area contributed by atoms with E-state index >= 15 is 0 Å². The van der Waals surface area contributed by atoms with E-state index in [9.17, 15) is 0 Å². The molecule has 6 nitrogen and oxygen atoms in total. The van der Waals surface area contributed by atoms with Crippen molar-refractivity contribution >= 4 is 49.3 Å². The first-order valence-electron chi connectivity index (χ1n) is 23.3. The standard InChI is InChI=1S/C61H54N4O2/c1-7-10-22-40(4)46(36-37-66-53-32-19-17-27-47(53)42(9-3)23-11-8-2)49-29-21-30-50-56-48-28-16-15-24-43(48)34-35-52(56)65(57(49)50)60-63-58(44-25-13-12-14-26-44)62-59(64-60)45-38-41(5)61(6)51-31-18-20-33-54(51)67-55(61)39-45/h7-8,10-36,38-39,55H,9,37H2,1-6H3/b10-7-,11-8-,40-22+,42-23+,46-36+. The van der Waals surface area contributed by atoms with Gasteiger partial charge in [0.2, 0.25) is 5.95 Å². The van der Waals surface area contributed by atoms with Crippen molar-refractivity contribution in [3.63, 3.8) is 0 Å². The van der Waals surface area contributed by atoms with E-state index in [1.54, 1.807) is 0 Å². The average molecular weight is 875 g/mol. The molecule has 2 aromatic heterocycles. The Morgan fingerprint density at radius 1 is 0.746 bits per heavy atom. The summed E-state index contributed by atoms with van der Waals surface area (Å²) >= 11 is 0. The summed E-state index contributed by atoms with van der Waals surface area (Å²) in [6.07, 6.45) is 20.0. The van der Waals surface area contributed by atoms with Crippen LogP contribution in [0.3, 0.4) is 0 Å². The monoisotopic (exact) mass is 874 g/mol. The van der Waals surface area contributed by atoms with Crippen molar-refractivity contribution in [3.05, 3.63) is 222 Å². The third kappa shape index (κ3) is 7.72. The molecule has 0 amide bonds. The Morgan fingerprint density at radius 2 is 1.46 bits per heavy atom. The number of para-hydroxylation sites is 3. The minimum Gasteiger partial charge on any atom is -0.489 e. The Balaban J connectivity index is 1.20. The fraction of sp³-hybridized carbons (Fsp3) is 0.164. The van der Waals surface area contributed by atoms with Crippen LogP contribution in [0.1, 0.15) is 70.5 Å². The van der Waals surface area contributed by atoms with E-state index in [4.69, 9.17) is 24.4 Å². The maximum absolute atomic E-state index is 6.72. The second-order valence-corrected chi connectivity index (χ2v) is 17.4. The summed E-state index contributed by atoms with van der Waals surface area (Å²) in [6.45, 7) is 13.3. The molecule has 6 aromatic carbocycles. The Bertz CT molecular complexity index is 3430. The highest BCUT2D eigenvalue weighted by molar-refractivity contribution is 6.23. The highest BCUT2D eigenvalue weighted by atomic mass is 16.5. The summed E-state index contributed by atoms with van der Waals surface area (Å²) in [7, 11) is 0. The van der Waals surface area contributed by atoms with E-state index in [-0.39, 0.29) is 11.5 Å². The summed E-state index contributed by atoms with van der Waals surface area (Å²) in [5.41, 5.74) is 11.4. The van der Waals surface area contributed by atoms with E-state index in [1.165, 1.54) is 16.7 Å². The van der Waals surface area contributed by atoms with Crippen molar-refractivity contribution in [2.24, 2.45) is 0 Å². The number of hydrogen-bond donors (Lipinski definition) is 0. The molecule has 2 atom stereocenters. The van der Waals surface area contributed by atoms with Gasteiger partial charge in [-0.1, -0.05) is 170 Å². The first-order valence-corrected chi connectivity index (χ1v) is 23.3. The molecule has 6 heteroatoms. The van der Waals surface area contributed by atoms with Gasteiger partial charge in [-0.3, -0.25) is 4.57 Å². The quantitative estimate of drug-likeness (QED) is 0.114. The molecule has 330 valence electrons. The number of ether oxygens (including phenoxy) is 2. The highest BCUT2D eigenvalue weighted by Crippen LogP contribution is 2.51. The molecule has 1 aliphatic heterocycles. The fourth-order valence-corrected chi connectivity index (χ4v) is 9.85. The second-order valence-electron chi connectivity index (χ2n) is 17.4. The van der Waals surface area contributed by atoms with E-state index in [2.05, 4.69) is 190 Å². The SMILES string of the molecule is C\C=C/C=C(C)/C(=C\COc1ccccc1/C(=C/C=C\C)CC)c1cccc2c3c4ccccc4ccc3n(-c3nc(C4=CC5Oc6ccccc6C5(C)C(C)=C4)nc(-c4ccccc4)n3)c12. The molecular weight excluding hydrogens is 821 g/mol. The number of benzene rings is 6. The lowest BCUT2D eigenvalue weighted by molar-refractivity contribution is 0.222. The summed E-state index contributed by atoms with van der Waals surface area (Å²) in [6, 6.07) is 46.5. The number of rotatable bonds is 12. The fourth-order valence-electron chi connectivity index (χ4n) is 9.85. The minimum absolute atomic E-state index is 0.219. The van der Waals surface area contributed by atoms with Crippen LogP contribution in [0.15, 0.2) is 199 Å². The largest absolute Gasteiger partial charge is 0.489 e. The Hall–Kier alpha value is -7.83. The summed E-state index contributed by atoms with van der Waals surface area (Å²) in [5.74, 6) is 3.47. The third-order valence-electron chi connectivity index (χ3n) is 13.5. The van der Waals surface area contributed by atoms with E-state index in [0.29, 0.717) is 24.2 Å². The summed E-state index contributed by atoms with van der Waals surface area (Å²) in [5, 5.41) is 4.56. The maximum atomic E-state index is 6.72. The highest BCUT2D eigenvalue weighted by Gasteiger charge is 2.47. The maximum Gasteiger partial charge on any atom is 0.238 e. The second kappa shape index (κ2) is 18.2. The Labute approximate surface area is 393 Å². The molecule has 0 N–H and O–H groups in total. The molecule has 2 aliphatic rings. The summed E-state index contributed by atoms with van der Waals surface area (Å²) in [4.78, 5) is 16.1. The van der Waals surface area contributed by atoms with Crippen molar-refractivity contribution in [3.8, 4) is 28.8 Å². The van der Waals surface area contributed by atoms with Crippen LogP contribution in [0.2, 0.25) is 0 Å². The van der Waals surface area contributed by atoms with Crippen molar-refractivity contribution < 1.29 is 9.47 Å². The van der Waals surface area contributed by atoms with Gasteiger partial charge in [0.25, 0.3) is 0 Å². The summed E-state index contributed by atoms with van der Waals surface area (Å²) < 4.78 is 15.6. The minimum atomic E-state index is -0.310. The van der Waals surface area contributed by atoms with Crippen molar-refractivity contribution in [1.29, 1.82) is 0 Å². The normalized spacial score (nSPS) is 17.6. The molecule has 0 spiro atoms. The molecule has 0 radical (unpaired) electrons. The molecule has 0 fully saturated rings. The smallest absolute Gasteiger partial charge is 0.238 e. The molecule has 0 bridgehead atoms. The number of nitrogens with zero attached hydrogens (tertiary/aromatic N) is 4. The molecular formula is C61H54N4O2. The van der Waals surface area contributed by atoms with E-state index in [1.807, 2.05) is 44.2 Å². The van der Waals surface area contributed by atoms with Gasteiger partial charge in [0.1, 0.15) is 24.2 Å². The van der Waals surface area contributed by atoms with Gasteiger partial charge in [0.15, 0.2) is 11.6 Å². The molecule has 1 aliphatic carbocycles. The zero-order valence-electron chi connectivity index (χ0n) is 39.0. The van der Waals surface area contributed by atoms with Crippen molar-refractivity contribution in [2.45, 2.75) is 59.5 Å². The van der Waals surface area contributed by atoms with Crippen LogP contribution < -0.4 is 9.47 Å². The number of allylic oxidation sites excluding steroid dienone is 11. The first-order chi connectivity index (χ1) is 32.8. The van der Waals surface area contributed by atoms with Gasteiger partial charge in [-0.25, -0.2) is 4.98 Å². The van der Waals surface area contributed by atoms with Gasteiger partial charge in [-0.2, -0.15) is 9.97 Å². The van der Waals surface area contributed by atoms with Crippen LogP contribution in [-0.4, -0.2) is 32.2 Å². The number of fused-ring (bicyclic) bond motifs is 8. The predicted octanol–water partition coefficient (Wildman–Crippen LogP) is 15.2. The molecule has 3 heterocycles. The zero-order valence-corrected chi connectivity index (χ0v) is 39.0. The molecule has 10 rings (SSSR count). The van der Waals surface area contributed by atoms with Gasteiger partial charge in [-0.15, -0.1) is 0 Å². The molecule has 0 saturated heterocycles. The lowest BCUT2D eigenvalue weighted by Gasteiger charge is -2.33. The van der Waals surface area contributed by atoms with Gasteiger partial charge in [-0.05, 0) is 98.9 Å². The van der Waals surface area contributed by atoms with Crippen LogP contribution in [0.4, 0.5) is 0 Å². The number of aromatic nitrogens is 4. The molecule has 8 aromatic rings. The zero-order chi connectivity index (χ0) is 46.1. The number of hydrogen-bond acceptors (Lipinski definition) is 5.